The Labute approximate surface area is 139 Å². The average Bonchev–Trinajstić information content (AvgIpc) is 2.67. The third-order valence-corrected chi connectivity index (χ3v) is 3.81. The number of anilines is 1. The zero-order valence-corrected chi connectivity index (χ0v) is 13.1. The molecule has 1 saturated heterocycles. The Morgan fingerprint density at radius 2 is 1.96 bits per heavy atom. The summed E-state index contributed by atoms with van der Waals surface area (Å²) >= 11 is 0. The molecule has 3 rings (SSSR count). The number of hydrogen-bond acceptors (Lipinski definition) is 6. The molecule has 1 fully saturated rings. The first kappa shape index (κ1) is 15.9. The lowest BCUT2D eigenvalue weighted by molar-refractivity contribution is -0.119. The minimum atomic E-state index is -0.163. The van der Waals surface area contributed by atoms with Crippen LogP contribution in [0.1, 0.15) is 16.2 Å². The summed E-state index contributed by atoms with van der Waals surface area (Å²) in [5.74, 6) is 0.423. The molecule has 1 aliphatic heterocycles. The predicted octanol–water partition coefficient (Wildman–Crippen LogP) is 0.398. The van der Waals surface area contributed by atoms with Crippen molar-refractivity contribution in [2.24, 2.45) is 0 Å². The van der Waals surface area contributed by atoms with Crippen LogP contribution < -0.4 is 5.32 Å². The van der Waals surface area contributed by atoms with Crippen molar-refractivity contribution in [3.63, 3.8) is 0 Å². The number of aromatic nitrogens is 3. The molecule has 0 bridgehead atoms. The van der Waals surface area contributed by atoms with Gasteiger partial charge in [-0.25, -0.2) is 0 Å². The fourth-order valence-electron chi connectivity index (χ4n) is 2.42. The van der Waals surface area contributed by atoms with Gasteiger partial charge in [-0.2, -0.15) is 0 Å². The fraction of sp³-hybridized carbons (Fsp3) is 0.312. The van der Waals surface area contributed by atoms with Gasteiger partial charge in [0.1, 0.15) is 5.82 Å². The molecule has 0 spiro atoms. The van der Waals surface area contributed by atoms with E-state index in [4.69, 9.17) is 0 Å². The number of carbonyl (C=O) groups excluding carboxylic acids is 2. The molecular weight excluding hydrogens is 308 g/mol. The van der Waals surface area contributed by atoms with Crippen LogP contribution in [-0.2, 0) is 11.3 Å². The lowest BCUT2D eigenvalue weighted by Crippen LogP contribution is -2.48. The van der Waals surface area contributed by atoms with Crippen molar-refractivity contribution in [1.29, 1.82) is 0 Å². The van der Waals surface area contributed by atoms with Crippen molar-refractivity contribution in [3.8, 4) is 0 Å². The van der Waals surface area contributed by atoms with Crippen molar-refractivity contribution in [2.75, 3.05) is 31.5 Å². The number of amides is 2. The van der Waals surface area contributed by atoms with Crippen LogP contribution >= 0.6 is 0 Å². The summed E-state index contributed by atoms with van der Waals surface area (Å²) in [5, 5.41) is 11.1. The molecule has 1 N–H and O–H groups in total. The summed E-state index contributed by atoms with van der Waals surface area (Å²) in [6.07, 6.45) is 2.54. The van der Waals surface area contributed by atoms with Gasteiger partial charge in [0.2, 0.25) is 6.41 Å². The molecular formula is C16H18N6O2. The Hall–Kier alpha value is -3.03. The Morgan fingerprint density at radius 3 is 2.58 bits per heavy atom. The van der Waals surface area contributed by atoms with Crippen LogP contribution in [0.2, 0.25) is 0 Å². The van der Waals surface area contributed by atoms with E-state index in [2.05, 4.69) is 20.5 Å². The molecule has 0 radical (unpaired) electrons. The van der Waals surface area contributed by atoms with Gasteiger partial charge in [-0.15, -0.1) is 10.2 Å². The van der Waals surface area contributed by atoms with Gasteiger partial charge in [-0.1, -0.05) is 6.07 Å². The summed E-state index contributed by atoms with van der Waals surface area (Å²) in [5.41, 5.74) is 1.20. The van der Waals surface area contributed by atoms with Crippen LogP contribution in [0.15, 0.2) is 36.5 Å². The SMILES string of the molecule is O=CN1CCN(C(=O)c2ccc(NCc3ccccn3)nn2)CC1. The topological polar surface area (TPSA) is 91.3 Å². The molecule has 8 nitrogen and oxygen atoms in total. The van der Waals surface area contributed by atoms with Crippen LogP contribution in [0.3, 0.4) is 0 Å². The van der Waals surface area contributed by atoms with Crippen LogP contribution in [-0.4, -0.2) is 63.5 Å². The lowest BCUT2D eigenvalue weighted by atomic mass is 10.2. The van der Waals surface area contributed by atoms with Crippen molar-refractivity contribution >= 4 is 18.1 Å². The first-order valence-electron chi connectivity index (χ1n) is 7.72. The van der Waals surface area contributed by atoms with E-state index in [1.165, 1.54) is 0 Å². The van der Waals surface area contributed by atoms with E-state index in [9.17, 15) is 9.59 Å². The second kappa shape index (κ2) is 7.49. The molecule has 0 saturated carbocycles. The number of nitrogens with one attached hydrogen (secondary N) is 1. The first-order valence-corrected chi connectivity index (χ1v) is 7.72. The van der Waals surface area contributed by atoms with E-state index >= 15 is 0 Å². The zero-order valence-electron chi connectivity index (χ0n) is 13.1. The van der Waals surface area contributed by atoms with E-state index in [0.717, 1.165) is 12.1 Å². The molecule has 1 aliphatic rings. The Bertz CT molecular complexity index is 683. The molecule has 2 amide bonds. The highest BCUT2D eigenvalue weighted by Crippen LogP contribution is 2.08. The van der Waals surface area contributed by atoms with Gasteiger partial charge in [0.15, 0.2) is 5.69 Å². The maximum absolute atomic E-state index is 12.4. The van der Waals surface area contributed by atoms with Gasteiger partial charge in [0, 0.05) is 32.4 Å². The minimum absolute atomic E-state index is 0.163. The summed E-state index contributed by atoms with van der Waals surface area (Å²) in [6, 6.07) is 9.07. The Balaban J connectivity index is 1.56. The van der Waals surface area contributed by atoms with Gasteiger partial charge in [-0.3, -0.25) is 14.6 Å². The van der Waals surface area contributed by atoms with Crippen LogP contribution in [0.5, 0.6) is 0 Å². The smallest absolute Gasteiger partial charge is 0.274 e. The van der Waals surface area contributed by atoms with E-state index in [-0.39, 0.29) is 5.91 Å². The second-order valence-corrected chi connectivity index (χ2v) is 5.41. The van der Waals surface area contributed by atoms with Crippen molar-refractivity contribution < 1.29 is 9.59 Å². The summed E-state index contributed by atoms with van der Waals surface area (Å²) < 4.78 is 0. The molecule has 2 aromatic rings. The lowest BCUT2D eigenvalue weighted by Gasteiger charge is -2.32. The molecule has 124 valence electrons. The van der Waals surface area contributed by atoms with Gasteiger partial charge in [0.05, 0.1) is 12.2 Å². The van der Waals surface area contributed by atoms with E-state index < -0.39 is 0 Å². The molecule has 0 aliphatic carbocycles. The average molecular weight is 326 g/mol. The van der Waals surface area contributed by atoms with Gasteiger partial charge in [-0.05, 0) is 24.3 Å². The van der Waals surface area contributed by atoms with Crippen molar-refractivity contribution in [2.45, 2.75) is 6.54 Å². The molecule has 24 heavy (non-hydrogen) atoms. The number of piperazine rings is 1. The third kappa shape index (κ3) is 3.83. The van der Waals surface area contributed by atoms with E-state index in [0.29, 0.717) is 44.2 Å². The fourth-order valence-corrected chi connectivity index (χ4v) is 2.42. The largest absolute Gasteiger partial charge is 0.363 e. The number of carbonyl (C=O) groups is 2. The summed E-state index contributed by atoms with van der Waals surface area (Å²) in [7, 11) is 0. The molecule has 2 aromatic heterocycles. The third-order valence-electron chi connectivity index (χ3n) is 3.81. The van der Waals surface area contributed by atoms with Crippen molar-refractivity contribution in [1.82, 2.24) is 25.0 Å². The van der Waals surface area contributed by atoms with Crippen LogP contribution in [0.4, 0.5) is 5.82 Å². The summed E-state index contributed by atoms with van der Waals surface area (Å²) in [4.78, 5) is 30.6. The standard InChI is InChI=1S/C16H18N6O2/c23-12-21-7-9-22(10-8-21)16(24)14-4-5-15(20-19-14)18-11-13-3-1-2-6-17-13/h1-6,12H,7-11H2,(H,18,20). The molecule has 8 heteroatoms. The number of hydrogen-bond donors (Lipinski definition) is 1. The van der Waals surface area contributed by atoms with Crippen LogP contribution in [0, 0.1) is 0 Å². The quantitative estimate of drug-likeness (QED) is 0.800. The minimum Gasteiger partial charge on any atom is -0.363 e. The van der Waals surface area contributed by atoms with Gasteiger partial charge in [0.25, 0.3) is 5.91 Å². The first-order chi connectivity index (χ1) is 11.8. The van der Waals surface area contributed by atoms with E-state index in [1.54, 1.807) is 28.1 Å². The monoisotopic (exact) mass is 326 g/mol. The number of nitrogens with zero attached hydrogens (tertiary/aromatic N) is 5. The maximum Gasteiger partial charge on any atom is 0.274 e. The number of pyridine rings is 1. The summed E-state index contributed by atoms with van der Waals surface area (Å²) in [6.45, 7) is 2.66. The molecule has 0 unspecified atom stereocenters. The number of rotatable bonds is 5. The highest BCUT2D eigenvalue weighted by atomic mass is 16.2. The Morgan fingerprint density at radius 1 is 1.12 bits per heavy atom. The highest BCUT2D eigenvalue weighted by Gasteiger charge is 2.22. The molecule has 3 heterocycles. The van der Waals surface area contributed by atoms with Gasteiger partial charge < -0.3 is 15.1 Å². The highest BCUT2D eigenvalue weighted by molar-refractivity contribution is 5.92. The van der Waals surface area contributed by atoms with Gasteiger partial charge >= 0.3 is 0 Å². The predicted molar refractivity (Wildman–Crippen MR) is 87.1 cm³/mol. The second-order valence-electron chi connectivity index (χ2n) is 5.41. The maximum atomic E-state index is 12.4. The molecule has 0 atom stereocenters. The van der Waals surface area contributed by atoms with Crippen LogP contribution in [0.25, 0.3) is 0 Å². The zero-order chi connectivity index (χ0) is 16.8. The van der Waals surface area contributed by atoms with Crippen molar-refractivity contribution in [3.05, 3.63) is 47.9 Å². The normalized spacial score (nSPS) is 14.3. The molecule has 0 aromatic carbocycles. The van der Waals surface area contributed by atoms with E-state index in [1.807, 2.05) is 18.2 Å². The Kier molecular flexibility index (Phi) is 4.95.